The minimum atomic E-state index is -3.41. The van der Waals surface area contributed by atoms with E-state index in [0.717, 1.165) is 17.4 Å². The molecule has 0 amide bonds. The van der Waals surface area contributed by atoms with Crippen LogP contribution in [0, 0.1) is 0 Å². The molecule has 1 atom stereocenters. The summed E-state index contributed by atoms with van der Waals surface area (Å²) in [5, 5.41) is 12.1. The van der Waals surface area contributed by atoms with Crippen molar-refractivity contribution in [3.63, 3.8) is 0 Å². The lowest BCUT2D eigenvalue weighted by Crippen LogP contribution is -2.27. The molecule has 0 saturated carbocycles. The smallest absolute Gasteiger partial charge is 0.340 e. The van der Waals surface area contributed by atoms with Gasteiger partial charge in [-0.05, 0) is 40.8 Å². The molecule has 2 heterocycles. The maximum absolute atomic E-state index is 13.1. The number of ether oxygens (including phenoxy) is 2. The third kappa shape index (κ3) is 7.91. The summed E-state index contributed by atoms with van der Waals surface area (Å²) in [4.78, 5) is 28.8. The van der Waals surface area contributed by atoms with Crippen LogP contribution in [0.5, 0.6) is 5.75 Å². The molecule has 1 N–H and O–H groups in total. The van der Waals surface area contributed by atoms with Gasteiger partial charge in [-0.15, -0.1) is 11.3 Å². The molecule has 10 nitrogen and oxygen atoms in total. The van der Waals surface area contributed by atoms with E-state index in [4.69, 9.17) is 9.47 Å². The number of rotatable bonds is 9. The Morgan fingerprint density at radius 2 is 1.57 bits per heavy atom. The van der Waals surface area contributed by atoms with Crippen LogP contribution >= 0.6 is 11.3 Å². The summed E-state index contributed by atoms with van der Waals surface area (Å²) >= 11 is 1.46. The van der Waals surface area contributed by atoms with Crippen LogP contribution in [-0.2, 0) is 38.7 Å². The summed E-state index contributed by atoms with van der Waals surface area (Å²) in [6, 6.07) is 7.88. The summed E-state index contributed by atoms with van der Waals surface area (Å²) in [6.45, 7) is -0.852. The zero-order valence-electron chi connectivity index (χ0n) is 20.4. The van der Waals surface area contributed by atoms with E-state index in [1.807, 2.05) is 17.5 Å². The molecule has 1 aromatic heterocycles. The molecular weight excluding hydrogens is 542 g/mol. The predicted molar refractivity (Wildman–Crippen MR) is 139 cm³/mol. The number of hydrogen-bond donors (Lipinski definition) is 1. The highest BCUT2D eigenvalue weighted by atomic mass is 32.2. The van der Waals surface area contributed by atoms with Crippen molar-refractivity contribution in [2.24, 2.45) is 0 Å². The molecule has 200 valence electrons. The van der Waals surface area contributed by atoms with E-state index in [0.29, 0.717) is 11.1 Å². The van der Waals surface area contributed by atoms with Gasteiger partial charge in [-0.25, -0.2) is 26.4 Å². The van der Waals surface area contributed by atoms with Crippen molar-refractivity contribution in [3.05, 3.63) is 69.1 Å². The first-order chi connectivity index (χ1) is 17.2. The minimum Gasteiger partial charge on any atom is -0.508 e. The van der Waals surface area contributed by atoms with Gasteiger partial charge in [0.05, 0.1) is 28.7 Å². The highest BCUT2D eigenvalue weighted by Crippen LogP contribution is 2.38. The number of fused-ring (bicyclic) bond motifs is 1. The molecular formula is C24H27NO9S3. The zero-order valence-corrected chi connectivity index (χ0v) is 22.9. The molecule has 1 aliphatic rings. The molecule has 0 saturated heterocycles. The maximum Gasteiger partial charge on any atom is 0.340 e. The molecule has 37 heavy (non-hydrogen) atoms. The summed E-state index contributed by atoms with van der Waals surface area (Å²) in [7, 11) is -5.13. The second kappa shape index (κ2) is 11.5. The molecule has 13 heteroatoms. The number of hydrogen-bond acceptors (Lipinski definition) is 11. The van der Waals surface area contributed by atoms with E-state index < -0.39 is 62.4 Å². The number of carbonyl (C=O) groups is 2. The van der Waals surface area contributed by atoms with E-state index in [1.165, 1.54) is 29.7 Å². The van der Waals surface area contributed by atoms with Crippen molar-refractivity contribution in [1.82, 2.24) is 4.90 Å². The number of phenolic OH excluding ortho intramolecular Hbond substituents is 1. The van der Waals surface area contributed by atoms with Crippen LogP contribution in [0.15, 0.2) is 53.1 Å². The first-order valence-electron chi connectivity index (χ1n) is 11.0. The van der Waals surface area contributed by atoms with Crippen LogP contribution in [-0.4, -0.2) is 83.1 Å². The Balaban J connectivity index is 2.10. The SMILES string of the molecule is CN1C=C(C(=O)OCCS(C)(=O)=O)C(C(=O)OCCS(C)(=O)=O)=Cc2ccc(O)cc2C1c1cccs1. The van der Waals surface area contributed by atoms with Crippen LogP contribution in [0.1, 0.15) is 22.0 Å². The lowest BCUT2D eigenvalue weighted by atomic mass is 9.92. The monoisotopic (exact) mass is 569 g/mol. The van der Waals surface area contributed by atoms with Gasteiger partial charge >= 0.3 is 11.9 Å². The van der Waals surface area contributed by atoms with E-state index >= 15 is 0 Å². The Morgan fingerprint density at radius 3 is 2.11 bits per heavy atom. The highest BCUT2D eigenvalue weighted by molar-refractivity contribution is 7.90. The van der Waals surface area contributed by atoms with Gasteiger partial charge in [0.2, 0.25) is 0 Å². The molecule has 0 bridgehead atoms. The summed E-state index contributed by atoms with van der Waals surface area (Å²) in [5.74, 6) is -2.72. The normalized spacial score (nSPS) is 16.1. The van der Waals surface area contributed by atoms with Crippen molar-refractivity contribution in [1.29, 1.82) is 0 Å². The fourth-order valence-corrected chi connectivity index (χ4v) is 5.26. The first-order valence-corrected chi connectivity index (χ1v) is 16.0. The van der Waals surface area contributed by atoms with Gasteiger partial charge in [0.15, 0.2) is 19.7 Å². The minimum absolute atomic E-state index is 0.00402. The number of benzene rings is 1. The van der Waals surface area contributed by atoms with Crippen LogP contribution in [0.2, 0.25) is 0 Å². The fraction of sp³-hybridized carbons (Fsp3) is 0.333. The Kier molecular flexibility index (Phi) is 8.82. The van der Waals surface area contributed by atoms with Crippen LogP contribution in [0.3, 0.4) is 0 Å². The number of esters is 2. The van der Waals surface area contributed by atoms with Crippen molar-refractivity contribution < 1.29 is 41.0 Å². The second-order valence-electron chi connectivity index (χ2n) is 8.53. The van der Waals surface area contributed by atoms with Crippen molar-refractivity contribution in [2.45, 2.75) is 6.04 Å². The molecule has 0 aliphatic carbocycles. The molecule has 1 aliphatic heterocycles. The Labute approximate surface area is 219 Å². The van der Waals surface area contributed by atoms with Gasteiger partial charge in [0.25, 0.3) is 0 Å². The summed E-state index contributed by atoms with van der Waals surface area (Å²) in [6.07, 6.45) is 4.81. The molecule has 2 aromatic rings. The summed E-state index contributed by atoms with van der Waals surface area (Å²) in [5.41, 5.74) is 0.752. The van der Waals surface area contributed by atoms with Crippen LogP contribution in [0.4, 0.5) is 0 Å². The van der Waals surface area contributed by atoms with E-state index in [1.54, 1.807) is 24.1 Å². The Hall–Kier alpha value is -3.16. The van der Waals surface area contributed by atoms with Gasteiger partial charge in [-0.3, -0.25) is 0 Å². The number of carbonyl (C=O) groups excluding carboxylic acids is 2. The van der Waals surface area contributed by atoms with Gasteiger partial charge in [-0.2, -0.15) is 0 Å². The molecule has 0 spiro atoms. The molecule has 0 fully saturated rings. The quantitative estimate of drug-likeness (QED) is 0.445. The average Bonchev–Trinajstić information content (AvgIpc) is 3.28. The number of thiophene rings is 1. The van der Waals surface area contributed by atoms with Gasteiger partial charge < -0.3 is 19.5 Å². The van der Waals surface area contributed by atoms with Crippen molar-refractivity contribution >= 4 is 49.0 Å². The van der Waals surface area contributed by atoms with E-state index in [2.05, 4.69) is 0 Å². The number of aromatic hydroxyl groups is 1. The predicted octanol–water partition coefficient (Wildman–Crippen LogP) is 1.93. The third-order valence-electron chi connectivity index (χ3n) is 5.32. The molecule has 1 unspecified atom stereocenters. The lowest BCUT2D eigenvalue weighted by molar-refractivity contribution is -0.142. The van der Waals surface area contributed by atoms with Crippen molar-refractivity contribution in [3.8, 4) is 5.75 Å². The Bertz CT molecular complexity index is 1440. The number of sulfone groups is 2. The number of nitrogens with zero attached hydrogens (tertiary/aromatic N) is 1. The summed E-state index contributed by atoms with van der Waals surface area (Å²) < 4.78 is 56.3. The first kappa shape index (κ1) is 28.4. The van der Waals surface area contributed by atoms with Crippen LogP contribution in [0.25, 0.3) is 6.08 Å². The van der Waals surface area contributed by atoms with E-state index in [9.17, 15) is 31.5 Å². The third-order valence-corrected chi connectivity index (χ3v) is 8.06. The zero-order chi connectivity index (χ0) is 27.4. The molecule has 0 radical (unpaired) electrons. The second-order valence-corrected chi connectivity index (χ2v) is 14.0. The number of phenols is 1. The van der Waals surface area contributed by atoms with Crippen molar-refractivity contribution in [2.75, 3.05) is 44.3 Å². The Morgan fingerprint density at radius 1 is 0.973 bits per heavy atom. The van der Waals surface area contributed by atoms with Gasteiger partial charge in [-0.1, -0.05) is 12.1 Å². The van der Waals surface area contributed by atoms with Gasteiger partial charge in [0.1, 0.15) is 19.0 Å². The molecule has 1 aromatic carbocycles. The standard InChI is InChI=1S/C24H27NO9S3/c1-25-15-20(24(28)34-9-12-37(3,31)32)19(23(27)33-8-11-36(2,29)30)13-16-6-7-17(26)14-18(16)22(25)21-5-4-10-35-21/h4-7,10,13-15,22,26H,8-9,11-12H2,1-3H3. The highest BCUT2D eigenvalue weighted by Gasteiger charge is 2.31. The van der Waals surface area contributed by atoms with E-state index in [-0.39, 0.29) is 16.9 Å². The topological polar surface area (TPSA) is 144 Å². The molecule has 3 rings (SSSR count). The maximum atomic E-state index is 13.1. The van der Waals surface area contributed by atoms with Crippen LogP contribution < -0.4 is 0 Å². The van der Waals surface area contributed by atoms with Gasteiger partial charge in [0, 0.05) is 30.6 Å². The average molecular weight is 570 g/mol. The fourth-order valence-electron chi connectivity index (χ4n) is 3.59. The lowest BCUT2D eigenvalue weighted by Gasteiger charge is -2.30. The largest absolute Gasteiger partial charge is 0.508 e.